The third-order valence-corrected chi connectivity index (χ3v) is 6.10. The first-order chi connectivity index (χ1) is 16.2. The number of benzene rings is 1. The van der Waals surface area contributed by atoms with Gasteiger partial charge in [-0.25, -0.2) is 19.3 Å². The summed E-state index contributed by atoms with van der Waals surface area (Å²) in [5.41, 5.74) is 4.78. The standard InChI is InChI=1S/C24H25N7O2/c1-2-30-23(32)20-14-27-24(28-17-4-3-16-13-25-9-7-15(16)11-17)29-22(20)31(30)18-8-10-26-21(12-18)33-19-5-6-19/h3-4,8,10-12,14,19,25H,2,5-7,9,13H2,1H3,(H,27,28,29). The average molecular weight is 444 g/mol. The van der Waals surface area contributed by atoms with Crippen molar-refractivity contribution in [1.82, 2.24) is 29.6 Å². The summed E-state index contributed by atoms with van der Waals surface area (Å²) in [4.78, 5) is 26.5. The predicted molar refractivity (Wildman–Crippen MR) is 125 cm³/mol. The molecule has 9 nitrogen and oxygen atoms in total. The van der Waals surface area contributed by atoms with E-state index in [1.165, 1.54) is 11.1 Å². The van der Waals surface area contributed by atoms with Gasteiger partial charge in [0, 0.05) is 37.2 Å². The van der Waals surface area contributed by atoms with Gasteiger partial charge in [-0.15, -0.1) is 0 Å². The maximum absolute atomic E-state index is 13.0. The van der Waals surface area contributed by atoms with Gasteiger partial charge in [-0.2, -0.15) is 4.98 Å². The van der Waals surface area contributed by atoms with E-state index in [0.29, 0.717) is 29.4 Å². The highest BCUT2D eigenvalue weighted by Gasteiger charge is 2.24. The van der Waals surface area contributed by atoms with E-state index < -0.39 is 0 Å². The van der Waals surface area contributed by atoms with E-state index in [2.05, 4.69) is 32.7 Å². The van der Waals surface area contributed by atoms with Crippen LogP contribution in [-0.2, 0) is 19.5 Å². The Balaban J connectivity index is 1.41. The monoisotopic (exact) mass is 443 g/mol. The number of nitrogens with one attached hydrogen (secondary N) is 2. The molecule has 1 aliphatic heterocycles. The Hall–Kier alpha value is -3.72. The molecule has 4 heterocycles. The summed E-state index contributed by atoms with van der Waals surface area (Å²) in [5.74, 6) is 1.00. The minimum absolute atomic E-state index is 0.123. The first-order valence-corrected chi connectivity index (χ1v) is 11.4. The van der Waals surface area contributed by atoms with Crippen LogP contribution >= 0.6 is 0 Å². The molecule has 1 aromatic carbocycles. The lowest BCUT2D eigenvalue weighted by molar-refractivity contribution is 0.291. The second-order valence-electron chi connectivity index (χ2n) is 8.47. The molecule has 3 aromatic heterocycles. The highest BCUT2D eigenvalue weighted by atomic mass is 16.5. The molecule has 0 bridgehead atoms. The summed E-state index contributed by atoms with van der Waals surface area (Å²) in [6.45, 7) is 4.31. The van der Waals surface area contributed by atoms with E-state index in [4.69, 9.17) is 9.72 Å². The fourth-order valence-corrected chi connectivity index (χ4v) is 4.27. The molecular weight excluding hydrogens is 418 g/mol. The molecule has 0 saturated heterocycles. The van der Waals surface area contributed by atoms with Crippen LogP contribution in [0.1, 0.15) is 30.9 Å². The Bertz CT molecular complexity index is 1400. The molecule has 1 aliphatic carbocycles. The summed E-state index contributed by atoms with van der Waals surface area (Å²) < 4.78 is 9.35. The predicted octanol–water partition coefficient (Wildman–Crippen LogP) is 2.93. The van der Waals surface area contributed by atoms with Crippen molar-refractivity contribution in [2.24, 2.45) is 0 Å². The lowest BCUT2D eigenvalue weighted by Gasteiger charge is -2.18. The number of hydrogen-bond donors (Lipinski definition) is 2. The van der Waals surface area contributed by atoms with Crippen molar-refractivity contribution in [2.75, 3.05) is 11.9 Å². The van der Waals surface area contributed by atoms with Gasteiger partial charge in [0.05, 0.1) is 5.69 Å². The molecule has 6 rings (SSSR count). The van der Waals surface area contributed by atoms with E-state index in [9.17, 15) is 4.79 Å². The number of nitrogens with zero attached hydrogens (tertiary/aromatic N) is 5. The van der Waals surface area contributed by atoms with E-state index >= 15 is 0 Å². The van der Waals surface area contributed by atoms with Gasteiger partial charge in [0.2, 0.25) is 11.8 Å². The fraction of sp³-hybridized carbons (Fsp3) is 0.333. The molecule has 9 heteroatoms. The van der Waals surface area contributed by atoms with Crippen LogP contribution in [0.2, 0.25) is 0 Å². The normalized spacial score (nSPS) is 15.4. The van der Waals surface area contributed by atoms with E-state index in [-0.39, 0.29) is 11.7 Å². The molecule has 1 fully saturated rings. The Kier molecular flexibility index (Phi) is 4.83. The van der Waals surface area contributed by atoms with Gasteiger partial charge in [-0.05, 0) is 62.1 Å². The summed E-state index contributed by atoms with van der Waals surface area (Å²) in [7, 11) is 0. The zero-order chi connectivity index (χ0) is 22.4. The van der Waals surface area contributed by atoms with Gasteiger partial charge in [-0.3, -0.25) is 4.79 Å². The smallest absolute Gasteiger partial charge is 0.278 e. The maximum atomic E-state index is 13.0. The number of aromatic nitrogens is 5. The van der Waals surface area contributed by atoms with Crippen molar-refractivity contribution in [2.45, 2.75) is 45.4 Å². The van der Waals surface area contributed by atoms with Gasteiger partial charge >= 0.3 is 0 Å². The van der Waals surface area contributed by atoms with Crippen molar-refractivity contribution in [3.63, 3.8) is 0 Å². The zero-order valence-electron chi connectivity index (χ0n) is 18.4. The topological polar surface area (TPSA) is 98.9 Å². The molecule has 33 heavy (non-hydrogen) atoms. The molecule has 2 N–H and O–H groups in total. The number of anilines is 2. The molecule has 0 amide bonds. The quantitative estimate of drug-likeness (QED) is 0.473. The van der Waals surface area contributed by atoms with E-state index in [1.54, 1.807) is 17.1 Å². The maximum Gasteiger partial charge on any atom is 0.278 e. The van der Waals surface area contributed by atoms with Crippen LogP contribution < -0.4 is 20.9 Å². The molecule has 0 radical (unpaired) electrons. The van der Waals surface area contributed by atoms with Gasteiger partial charge in [0.15, 0.2) is 5.65 Å². The highest BCUT2D eigenvalue weighted by Crippen LogP contribution is 2.27. The van der Waals surface area contributed by atoms with Gasteiger partial charge in [-0.1, -0.05) is 6.07 Å². The van der Waals surface area contributed by atoms with Gasteiger partial charge in [0.25, 0.3) is 5.56 Å². The summed E-state index contributed by atoms with van der Waals surface area (Å²) in [6, 6.07) is 10.0. The lowest BCUT2D eigenvalue weighted by Crippen LogP contribution is -2.23. The molecular formula is C24H25N7O2. The second kappa shape index (κ2) is 8.00. The zero-order valence-corrected chi connectivity index (χ0v) is 18.4. The summed E-state index contributed by atoms with van der Waals surface area (Å²) in [5, 5.41) is 7.18. The van der Waals surface area contributed by atoms with Crippen molar-refractivity contribution in [3.05, 3.63) is 64.2 Å². The number of rotatable bonds is 6. The van der Waals surface area contributed by atoms with Crippen LogP contribution in [0.15, 0.2) is 47.5 Å². The van der Waals surface area contributed by atoms with E-state index in [0.717, 1.165) is 43.7 Å². The number of pyridine rings is 1. The first-order valence-electron chi connectivity index (χ1n) is 11.4. The molecule has 2 aliphatic rings. The third kappa shape index (κ3) is 3.74. The van der Waals surface area contributed by atoms with Crippen LogP contribution in [-0.4, -0.2) is 37.0 Å². The molecule has 1 saturated carbocycles. The van der Waals surface area contributed by atoms with Crippen LogP contribution in [0.4, 0.5) is 11.6 Å². The number of ether oxygens (including phenoxy) is 1. The Labute approximate surface area is 190 Å². The minimum Gasteiger partial charge on any atom is -0.474 e. The third-order valence-electron chi connectivity index (χ3n) is 6.10. The Morgan fingerprint density at radius 3 is 2.94 bits per heavy atom. The van der Waals surface area contributed by atoms with Crippen molar-refractivity contribution in [3.8, 4) is 11.6 Å². The fourth-order valence-electron chi connectivity index (χ4n) is 4.27. The average Bonchev–Trinajstić information content (AvgIpc) is 3.61. The molecule has 0 unspecified atom stereocenters. The first kappa shape index (κ1) is 19.9. The van der Waals surface area contributed by atoms with Crippen LogP contribution in [0.25, 0.3) is 16.7 Å². The summed E-state index contributed by atoms with van der Waals surface area (Å²) >= 11 is 0. The second-order valence-corrected chi connectivity index (χ2v) is 8.47. The van der Waals surface area contributed by atoms with Gasteiger partial charge in [0.1, 0.15) is 11.5 Å². The summed E-state index contributed by atoms with van der Waals surface area (Å²) in [6.07, 6.45) is 6.65. The van der Waals surface area contributed by atoms with E-state index in [1.807, 2.05) is 29.8 Å². The SMILES string of the molecule is CCn1c(=O)c2cnc(Nc3ccc4c(c3)CCNC4)nc2n1-c1ccnc(OC2CC2)c1. The molecule has 168 valence electrons. The molecule has 0 atom stereocenters. The lowest BCUT2D eigenvalue weighted by atomic mass is 10.0. The molecule has 0 spiro atoms. The van der Waals surface area contributed by atoms with Crippen LogP contribution in [0, 0.1) is 0 Å². The number of fused-ring (bicyclic) bond motifs is 2. The van der Waals surface area contributed by atoms with Crippen LogP contribution in [0.3, 0.4) is 0 Å². The van der Waals surface area contributed by atoms with Crippen molar-refractivity contribution >= 4 is 22.7 Å². The van der Waals surface area contributed by atoms with Crippen LogP contribution in [0.5, 0.6) is 5.88 Å². The van der Waals surface area contributed by atoms with Crippen molar-refractivity contribution < 1.29 is 4.74 Å². The van der Waals surface area contributed by atoms with Crippen molar-refractivity contribution in [1.29, 1.82) is 0 Å². The molecule has 4 aromatic rings. The minimum atomic E-state index is -0.123. The Morgan fingerprint density at radius 2 is 2.09 bits per heavy atom. The van der Waals surface area contributed by atoms with Gasteiger partial charge < -0.3 is 15.4 Å². The largest absolute Gasteiger partial charge is 0.474 e. The Morgan fingerprint density at radius 1 is 1.18 bits per heavy atom. The highest BCUT2D eigenvalue weighted by molar-refractivity contribution is 5.77. The number of hydrogen-bond acceptors (Lipinski definition) is 7.